The van der Waals surface area contributed by atoms with Gasteiger partial charge in [0.2, 0.25) is 0 Å². The Hall–Kier alpha value is -2.49. The Balaban J connectivity index is 2.26. The van der Waals surface area contributed by atoms with Crippen molar-refractivity contribution in [2.75, 3.05) is 0 Å². The largest absolute Gasteiger partial charge is 0.478 e. The van der Waals surface area contributed by atoms with Crippen LogP contribution in [0, 0.1) is 5.82 Å². The minimum atomic E-state index is -1.36. The second-order valence-corrected chi connectivity index (χ2v) is 9.32. The zero-order valence-electron chi connectivity index (χ0n) is 17.7. The second-order valence-electron chi connectivity index (χ2n) is 9.32. The maximum atomic E-state index is 16.0. The highest BCUT2D eigenvalue weighted by Crippen LogP contribution is 2.50. The van der Waals surface area contributed by atoms with Gasteiger partial charge in [-0.25, -0.2) is 13.6 Å². The van der Waals surface area contributed by atoms with Crippen molar-refractivity contribution in [3.63, 3.8) is 0 Å². The molecule has 2 aromatic rings. The summed E-state index contributed by atoms with van der Waals surface area (Å²) in [5, 5.41) is 9.10. The van der Waals surface area contributed by atoms with Crippen LogP contribution in [-0.2, 0) is 10.8 Å². The SMILES string of the molecule is C=C(c1ccc(C(=O)O)cc1)c1c(C(C)F)cc2c(c1F)C(C)(C)CCC2(C)C. The first-order valence-corrected chi connectivity index (χ1v) is 9.91. The summed E-state index contributed by atoms with van der Waals surface area (Å²) in [4.78, 5) is 11.1. The molecule has 0 bridgehead atoms. The number of hydrogen-bond donors (Lipinski definition) is 1. The summed E-state index contributed by atoms with van der Waals surface area (Å²) in [5.41, 5.74) is 2.44. The van der Waals surface area contributed by atoms with E-state index in [-0.39, 0.29) is 22.0 Å². The normalized spacial score (nSPS) is 18.0. The van der Waals surface area contributed by atoms with Crippen LogP contribution in [0.2, 0.25) is 0 Å². The number of hydrogen-bond acceptors (Lipinski definition) is 1. The molecule has 2 nitrogen and oxygen atoms in total. The number of carbonyl (C=O) groups is 1. The van der Waals surface area contributed by atoms with E-state index in [9.17, 15) is 9.18 Å². The van der Waals surface area contributed by atoms with E-state index in [0.29, 0.717) is 22.3 Å². The van der Waals surface area contributed by atoms with Gasteiger partial charge in [-0.2, -0.15) is 0 Å². The molecule has 1 unspecified atom stereocenters. The fourth-order valence-electron chi connectivity index (χ4n) is 4.33. The van der Waals surface area contributed by atoms with E-state index in [4.69, 9.17) is 5.11 Å². The number of rotatable bonds is 4. The molecule has 4 heteroatoms. The number of benzene rings is 2. The monoisotopic (exact) mass is 398 g/mol. The van der Waals surface area contributed by atoms with Gasteiger partial charge in [-0.05, 0) is 70.6 Å². The lowest BCUT2D eigenvalue weighted by molar-refractivity contribution is 0.0697. The van der Waals surface area contributed by atoms with Gasteiger partial charge in [0.15, 0.2) is 0 Å². The van der Waals surface area contributed by atoms with Crippen LogP contribution in [0.15, 0.2) is 36.9 Å². The first-order valence-electron chi connectivity index (χ1n) is 9.91. The molecule has 1 atom stereocenters. The Kier molecular flexibility index (Phi) is 5.18. The molecule has 154 valence electrons. The van der Waals surface area contributed by atoms with Crippen molar-refractivity contribution in [2.24, 2.45) is 0 Å². The van der Waals surface area contributed by atoms with Gasteiger partial charge in [0, 0.05) is 5.56 Å². The van der Waals surface area contributed by atoms with Crippen molar-refractivity contribution >= 4 is 11.5 Å². The van der Waals surface area contributed by atoms with Crippen LogP contribution < -0.4 is 0 Å². The molecule has 1 aliphatic carbocycles. The molecule has 2 aromatic carbocycles. The molecule has 0 amide bonds. The van der Waals surface area contributed by atoms with E-state index in [1.165, 1.54) is 19.1 Å². The molecular formula is C25H28F2O2. The Morgan fingerprint density at radius 1 is 1.07 bits per heavy atom. The van der Waals surface area contributed by atoms with Crippen LogP contribution in [0.3, 0.4) is 0 Å². The van der Waals surface area contributed by atoms with Gasteiger partial charge in [0.05, 0.1) is 5.56 Å². The van der Waals surface area contributed by atoms with Crippen LogP contribution in [-0.4, -0.2) is 11.1 Å². The van der Waals surface area contributed by atoms with Gasteiger partial charge in [0.25, 0.3) is 0 Å². The molecule has 1 N–H and O–H groups in total. The van der Waals surface area contributed by atoms with Crippen LogP contribution in [0.25, 0.3) is 5.57 Å². The van der Waals surface area contributed by atoms with Gasteiger partial charge in [-0.1, -0.05) is 52.5 Å². The number of alkyl halides is 1. The van der Waals surface area contributed by atoms with Crippen molar-refractivity contribution in [3.05, 3.63) is 76.1 Å². The molecule has 3 rings (SSSR count). The Bertz CT molecular complexity index is 983. The summed E-state index contributed by atoms with van der Waals surface area (Å²) in [6, 6.07) is 7.89. The minimum absolute atomic E-state index is 0.134. The molecule has 1 aliphatic rings. The maximum absolute atomic E-state index is 16.0. The highest BCUT2D eigenvalue weighted by molar-refractivity contribution is 5.89. The Labute approximate surface area is 171 Å². The average Bonchev–Trinajstić information content (AvgIpc) is 2.64. The fraction of sp³-hybridized carbons (Fsp3) is 0.400. The fourth-order valence-corrected chi connectivity index (χ4v) is 4.33. The first kappa shape index (κ1) is 21.2. The zero-order chi connectivity index (χ0) is 21.7. The second kappa shape index (κ2) is 7.08. The van der Waals surface area contributed by atoms with E-state index in [0.717, 1.165) is 18.4 Å². The molecule has 0 aromatic heterocycles. The van der Waals surface area contributed by atoms with E-state index >= 15 is 4.39 Å². The molecule has 29 heavy (non-hydrogen) atoms. The number of aromatic carboxylic acids is 1. The molecule has 0 heterocycles. The summed E-state index contributed by atoms with van der Waals surface area (Å²) < 4.78 is 30.7. The summed E-state index contributed by atoms with van der Waals surface area (Å²) in [6.45, 7) is 13.7. The smallest absolute Gasteiger partial charge is 0.335 e. The van der Waals surface area contributed by atoms with Crippen LogP contribution in [0.5, 0.6) is 0 Å². The number of carboxylic acids is 1. The molecule has 0 saturated carbocycles. The summed E-state index contributed by atoms with van der Waals surface area (Å²) in [6.07, 6.45) is 0.387. The summed E-state index contributed by atoms with van der Waals surface area (Å²) in [7, 11) is 0. The maximum Gasteiger partial charge on any atom is 0.335 e. The van der Waals surface area contributed by atoms with Crippen LogP contribution in [0.4, 0.5) is 8.78 Å². The highest BCUT2D eigenvalue weighted by Gasteiger charge is 2.41. The third-order valence-corrected chi connectivity index (χ3v) is 6.29. The first-order chi connectivity index (χ1) is 13.4. The molecule has 0 fully saturated rings. The van der Waals surface area contributed by atoms with Crippen molar-refractivity contribution in [1.29, 1.82) is 0 Å². The predicted octanol–water partition coefficient (Wildman–Crippen LogP) is 6.96. The molecule has 0 aliphatic heterocycles. The van der Waals surface area contributed by atoms with E-state index in [1.807, 2.05) is 19.9 Å². The predicted molar refractivity (Wildman–Crippen MR) is 113 cm³/mol. The lowest BCUT2D eigenvalue weighted by atomic mass is 9.62. The van der Waals surface area contributed by atoms with Gasteiger partial charge < -0.3 is 5.11 Å². The van der Waals surface area contributed by atoms with E-state index in [2.05, 4.69) is 20.4 Å². The molecular weight excluding hydrogens is 370 g/mol. The van der Waals surface area contributed by atoms with Gasteiger partial charge in [-0.15, -0.1) is 0 Å². The van der Waals surface area contributed by atoms with E-state index < -0.39 is 18.0 Å². The molecule has 0 radical (unpaired) electrons. The highest BCUT2D eigenvalue weighted by atomic mass is 19.1. The lowest BCUT2D eigenvalue weighted by Gasteiger charge is -2.43. The van der Waals surface area contributed by atoms with Crippen LogP contribution >= 0.6 is 0 Å². The van der Waals surface area contributed by atoms with E-state index in [1.54, 1.807) is 12.1 Å². The molecule has 0 spiro atoms. The quantitative estimate of drug-likeness (QED) is 0.604. The molecule has 0 saturated heterocycles. The topological polar surface area (TPSA) is 37.3 Å². The average molecular weight is 398 g/mol. The Morgan fingerprint density at radius 3 is 2.10 bits per heavy atom. The third-order valence-electron chi connectivity index (χ3n) is 6.29. The van der Waals surface area contributed by atoms with Crippen molar-refractivity contribution in [2.45, 2.75) is 64.5 Å². The zero-order valence-corrected chi connectivity index (χ0v) is 17.7. The van der Waals surface area contributed by atoms with Gasteiger partial charge in [-0.3, -0.25) is 0 Å². The Morgan fingerprint density at radius 2 is 1.59 bits per heavy atom. The van der Waals surface area contributed by atoms with Gasteiger partial charge >= 0.3 is 5.97 Å². The summed E-state index contributed by atoms with van der Waals surface area (Å²) in [5.74, 6) is -1.45. The van der Waals surface area contributed by atoms with Gasteiger partial charge in [0.1, 0.15) is 12.0 Å². The number of fused-ring (bicyclic) bond motifs is 1. The van der Waals surface area contributed by atoms with Crippen molar-refractivity contribution < 1.29 is 18.7 Å². The van der Waals surface area contributed by atoms with Crippen molar-refractivity contribution in [3.8, 4) is 0 Å². The number of carboxylic acid groups (broad SMARTS) is 1. The lowest BCUT2D eigenvalue weighted by Crippen LogP contribution is -2.35. The standard InChI is InChI=1S/C25H28F2O2/c1-14(16-7-9-17(10-8-16)23(28)29)20-18(15(2)26)13-19-21(22(20)27)25(5,6)12-11-24(19,3)4/h7-10,13,15H,1,11-12H2,2-6H3,(H,28,29). The van der Waals surface area contributed by atoms with Crippen molar-refractivity contribution in [1.82, 2.24) is 0 Å². The third kappa shape index (κ3) is 3.61. The minimum Gasteiger partial charge on any atom is -0.478 e. The van der Waals surface area contributed by atoms with Crippen LogP contribution in [0.1, 0.15) is 91.8 Å². The number of halogens is 2. The summed E-state index contributed by atoms with van der Waals surface area (Å²) >= 11 is 0.